The normalized spacial score (nSPS) is 17.3. The van der Waals surface area contributed by atoms with Gasteiger partial charge in [-0.3, -0.25) is 14.2 Å². The van der Waals surface area contributed by atoms with E-state index < -0.39 is 23.5 Å². The first-order valence-corrected chi connectivity index (χ1v) is 8.83. The second-order valence-electron chi connectivity index (χ2n) is 6.56. The summed E-state index contributed by atoms with van der Waals surface area (Å²) in [5.41, 5.74) is -2.56. The number of benzene rings is 1. The monoisotopic (exact) mass is 382 g/mol. The van der Waals surface area contributed by atoms with Crippen LogP contribution in [-0.4, -0.2) is 58.0 Å². The van der Waals surface area contributed by atoms with Gasteiger partial charge in [0.05, 0.1) is 11.0 Å². The van der Waals surface area contributed by atoms with Crippen LogP contribution in [0.2, 0.25) is 0 Å². The third kappa shape index (κ3) is 3.69. The van der Waals surface area contributed by atoms with Gasteiger partial charge in [0.2, 0.25) is 11.6 Å². The average Bonchev–Trinajstić information content (AvgIpc) is 2.65. The van der Waals surface area contributed by atoms with Crippen LogP contribution in [-0.2, 0) is 11.0 Å². The van der Waals surface area contributed by atoms with E-state index in [1.54, 1.807) is 17.0 Å². The van der Waals surface area contributed by atoms with Crippen molar-refractivity contribution >= 4 is 16.9 Å². The molecule has 1 aromatic heterocycles. The zero-order valence-corrected chi connectivity index (χ0v) is 15.2. The summed E-state index contributed by atoms with van der Waals surface area (Å²) in [7, 11) is 0. The molecule has 146 valence electrons. The van der Waals surface area contributed by atoms with Crippen LogP contribution in [0.4, 0.5) is 13.2 Å². The Kier molecular flexibility index (Phi) is 5.23. The molecule has 0 radical (unpaired) electrons. The van der Waals surface area contributed by atoms with E-state index in [4.69, 9.17) is 0 Å². The highest BCUT2D eigenvalue weighted by Gasteiger charge is 2.38. The zero-order chi connectivity index (χ0) is 19.8. The third-order valence-electron chi connectivity index (χ3n) is 4.94. The van der Waals surface area contributed by atoms with E-state index in [2.05, 4.69) is 9.88 Å². The lowest BCUT2D eigenvalue weighted by Gasteiger charge is -2.35. The summed E-state index contributed by atoms with van der Waals surface area (Å²) < 4.78 is 40.8. The summed E-state index contributed by atoms with van der Waals surface area (Å²) in [4.78, 5) is 32.7. The maximum atomic E-state index is 13.3. The minimum atomic E-state index is -4.89. The van der Waals surface area contributed by atoms with Crippen LogP contribution in [0.3, 0.4) is 0 Å². The van der Waals surface area contributed by atoms with E-state index in [0.29, 0.717) is 26.2 Å². The maximum absolute atomic E-state index is 13.3. The zero-order valence-electron chi connectivity index (χ0n) is 15.2. The highest BCUT2D eigenvalue weighted by atomic mass is 19.4. The Morgan fingerprint density at radius 3 is 2.41 bits per heavy atom. The van der Waals surface area contributed by atoms with E-state index in [0.717, 1.165) is 11.1 Å². The summed E-state index contributed by atoms with van der Waals surface area (Å²) in [6, 6.07) is 4.99. The summed E-state index contributed by atoms with van der Waals surface area (Å²) >= 11 is 0. The molecule has 0 spiro atoms. The summed E-state index contributed by atoms with van der Waals surface area (Å²) in [5, 5.41) is 0. The van der Waals surface area contributed by atoms with Crippen molar-refractivity contribution < 1.29 is 18.0 Å². The number of fused-ring (bicyclic) bond motifs is 1. The summed E-state index contributed by atoms with van der Waals surface area (Å²) in [5.74, 6) is -0.364. The van der Waals surface area contributed by atoms with Crippen molar-refractivity contribution in [2.45, 2.75) is 26.1 Å². The number of rotatable bonds is 3. The van der Waals surface area contributed by atoms with Gasteiger partial charge in [0, 0.05) is 26.2 Å². The predicted molar refractivity (Wildman–Crippen MR) is 94.4 cm³/mol. The van der Waals surface area contributed by atoms with Gasteiger partial charge < -0.3 is 9.80 Å². The Labute approximate surface area is 154 Å². The van der Waals surface area contributed by atoms with Crippen LogP contribution in [0, 0.1) is 0 Å². The molecule has 0 aliphatic carbocycles. The third-order valence-corrected chi connectivity index (χ3v) is 4.94. The van der Waals surface area contributed by atoms with Gasteiger partial charge in [-0.2, -0.15) is 13.2 Å². The molecular formula is C18H21F3N4O2. The van der Waals surface area contributed by atoms with Crippen molar-refractivity contribution in [1.29, 1.82) is 0 Å². The Hall–Kier alpha value is -2.42. The van der Waals surface area contributed by atoms with Gasteiger partial charge in [-0.15, -0.1) is 0 Å². The topological polar surface area (TPSA) is 58.4 Å². The molecule has 0 saturated carbocycles. The number of aromatic nitrogens is 2. The largest absolute Gasteiger partial charge is 0.438 e. The Morgan fingerprint density at radius 2 is 1.81 bits per heavy atom. The fourth-order valence-corrected chi connectivity index (χ4v) is 3.38. The van der Waals surface area contributed by atoms with Crippen molar-refractivity contribution in [2.75, 3.05) is 32.7 Å². The number of likely N-dealkylation sites (N-methyl/N-ethyl adjacent to an activating group) is 1. The van der Waals surface area contributed by atoms with Gasteiger partial charge in [-0.05, 0) is 25.6 Å². The number of carbonyl (C=O) groups excluding carboxylic acids is 1. The molecule has 1 atom stereocenters. The summed E-state index contributed by atoms with van der Waals surface area (Å²) in [6.07, 6.45) is -4.89. The Morgan fingerprint density at radius 1 is 1.19 bits per heavy atom. The molecule has 1 fully saturated rings. The van der Waals surface area contributed by atoms with Crippen molar-refractivity contribution in [3.8, 4) is 0 Å². The highest BCUT2D eigenvalue weighted by molar-refractivity contribution is 5.83. The molecule has 1 unspecified atom stereocenters. The van der Waals surface area contributed by atoms with Gasteiger partial charge in [0.1, 0.15) is 6.04 Å². The average molecular weight is 382 g/mol. The van der Waals surface area contributed by atoms with Gasteiger partial charge in [0.15, 0.2) is 0 Å². The molecule has 2 aromatic rings. The molecule has 1 aliphatic heterocycles. The lowest BCUT2D eigenvalue weighted by Crippen LogP contribution is -2.51. The summed E-state index contributed by atoms with van der Waals surface area (Å²) in [6.45, 7) is 6.75. The first-order chi connectivity index (χ1) is 12.7. The van der Waals surface area contributed by atoms with Gasteiger partial charge >= 0.3 is 6.18 Å². The highest BCUT2D eigenvalue weighted by Crippen LogP contribution is 2.27. The van der Waals surface area contributed by atoms with Crippen molar-refractivity contribution in [2.24, 2.45) is 0 Å². The molecule has 1 amide bonds. The van der Waals surface area contributed by atoms with E-state index in [1.807, 2.05) is 6.92 Å². The number of para-hydroxylation sites is 2. The molecule has 0 bridgehead atoms. The maximum Gasteiger partial charge on any atom is 0.438 e. The number of halogens is 3. The van der Waals surface area contributed by atoms with E-state index >= 15 is 0 Å². The fraction of sp³-hybridized carbons (Fsp3) is 0.500. The van der Waals surface area contributed by atoms with Crippen LogP contribution in [0.5, 0.6) is 0 Å². The van der Waals surface area contributed by atoms with Crippen LogP contribution < -0.4 is 5.56 Å². The molecule has 1 saturated heterocycles. The minimum absolute atomic E-state index is 0.0277. The van der Waals surface area contributed by atoms with Gasteiger partial charge in [-0.1, -0.05) is 19.1 Å². The van der Waals surface area contributed by atoms with Crippen LogP contribution >= 0.6 is 0 Å². The molecule has 6 nitrogen and oxygen atoms in total. The molecule has 1 aromatic carbocycles. The second-order valence-corrected chi connectivity index (χ2v) is 6.56. The molecule has 3 rings (SSSR count). The number of carbonyl (C=O) groups is 1. The molecule has 0 N–H and O–H groups in total. The number of hydrogen-bond donors (Lipinski definition) is 0. The van der Waals surface area contributed by atoms with Gasteiger partial charge in [-0.25, -0.2) is 4.98 Å². The lowest BCUT2D eigenvalue weighted by molar-refractivity contribution is -0.143. The minimum Gasteiger partial charge on any atom is -0.338 e. The lowest BCUT2D eigenvalue weighted by atomic mass is 10.2. The number of piperazine rings is 1. The first-order valence-electron chi connectivity index (χ1n) is 8.83. The number of alkyl halides is 3. The molecule has 9 heteroatoms. The molecule has 2 heterocycles. The van der Waals surface area contributed by atoms with E-state index in [-0.39, 0.29) is 16.9 Å². The van der Waals surface area contributed by atoms with E-state index in [9.17, 15) is 22.8 Å². The standard InChI is InChI=1S/C18H21F3N4O2/c1-3-23-8-10-24(11-9-23)16(26)12(2)25-14-7-5-4-6-13(14)22-15(17(25)27)18(19,20)21/h4-7,12H,3,8-11H2,1-2H3. The predicted octanol–water partition coefficient (Wildman–Crippen LogP) is 2.14. The number of nitrogens with zero attached hydrogens (tertiary/aromatic N) is 4. The SMILES string of the molecule is CCN1CCN(C(=O)C(C)n2c(=O)c(C(F)(F)F)nc3ccccc32)CC1. The van der Waals surface area contributed by atoms with Gasteiger partial charge in [0.25, 0.3) is 5.56 Å². The first kappa shape index (κ1) is 19.3. The van der Waals surface area contributed by atoms with Crippen LogP contribution in [0.15, 0.2) is 29.1 Å². The fourth-order valence-electron chi connectivity index (χ4n) is 3.38. The molecule has 27 heavy (non-hydrogen) atoms. The van der Waals surface area contributed by atoms with Crippen molar-refractivity contribution in [3.63, 3.8) is 0 Å². The Balaban J connectivity index is 2.03. The van der Waals surface area contributed by atoms with E-state index in [1.165, 1.54) is 19.1 Å². The number of amides is 1. The Bertz CT molecular complexity index is 902. The second kappa shape index (κ2) is 7.30. The van der Waals surface area contributed by atoms with Crippen molar-refractivity contribution in [1.82, 2.24) is 19.4 Å². The number of hydrogen-bond acceptors (Lipinski definition) is 4. The van der Waals surface area contributed by atoms with Crippen LogP contribution in [0.25, 0.3) is 11.0 Å². The molecular weight excluding hydrogens is 361 g/mol. The quantitative estimate of drug-likeness (QED) is 0.816. The smallest absolute Gasteiger partial charge is 0.338 e. The molecule has 1 aliphatic rings. The van der Waals surface area contributed by atoms with Crippen molar-refractivity contribution in [3.05, 3.63) is 40.3 Å². The van der Waals surface area contributed by atoms with Crippen LogP contribution in [0.1, 0.15) is 25.6 Å².